The van der Waals surface area contributed by atoms with Crippen LogP contribution in [0.5, 0.6) is 0 Å². The Morgan fingerprint density at radius 2 is 1.71 bits per heavy atom. The molecule has 1 heterocycles. The second kappa shape index (κ2) is 8.92. The van der Waals surface area contributed by atoms with Gasteiger partial charge >= 0.3 is 12.1 Å². The summed E-state index contributed by atoms with van der Waals surface area (Å²) in [5.41, 5.74) is 4.55. The van der Waals surface area contributed by atoms with Gasteiger partial charge < -0.3 is 20.1 Å². The average Bonchev–Trinajstić information content (AvgIpc) is 3.39. The quantitative estimate of drug-likeness (QED) is 0.744. The summed E-state index contributed by atoms with van der Waals surface area (Å²) in [6.45, 7) is 0.512. The summed E-state index contributed by atoms with van der Waals surface area (Å²) in [6, 6.07) is 15.3. The molecule has 0 bridgehead atoms. The zero-order valence-electron chi connectivity index (χ0n) is 16.8. The zero-order chi connectivity index (χ0) is 21.8. The number of carbonyl (C=O) groups is 3. The number of carboxylic acid groups (broad SMARTS) is 1. The van der Waals surface area contributed by atoms with E-state index in [1.165, 1.54) is 4.90 Å². The van der Waals surface area contributed by atoms with E-state index < -0.39 is 24.0 Å². The first-order chi connectivity index (χ1) is 15.1. The van der Waals surface area contributed by atoms with E-state index in [0.717, 1.165) is 22.3 Å². The monoisotopic (exact) mass is 418 g/mol. The number of amides is 2. The number of carboxylic acids is 1. The number of hydrogen-bond donors (Lipinski definition) is 2. The maximum Gasteiger partial charge on any atom is 0.407 e. The molecule has 2 N–H and O–H groups in total. The summed E-state index contributed by atoms with van der Waals surface area (Å²) in [5.74, 6) is 3.36. The molecule has 0 radical (unpaired) electrons. The molecule has 2 amide bonds. The van der Waals surface area contributed by atoms with Gasteiger partial charge in [-0.3, -0.25) is 4.79 Å². The Bertz CT molecular complexity index is 1040. The van der Waals surface area contributed by atoms with Crippen LogP contribution in [0, 0.1) is 11.8 Å². The van der Waals surface area contributed by atoms with Gasteiger partial charge in [0, 0.05) is 12.5 Å². The summed E-state index contributed by atoms with van der Waals surface area (Å²) in [4.78, 5) is 36.6. The fraction of sp³-hybridized carbons (Fsp3) is 0.292. The van der Waals surface area contributed by atoms with Crippen molar-refractivity contribution in [2.24, 2.45) is 0 Å². The molecule has 0 spiro atoms. The van der Waals surface area contributed by atoms with Crippen molar-refractivity contribution in [3.63, 3.8) is 0 Å². The van der Waals surface area contributed by atoms with E-state index in [1.54, 1.807) is 0 Å². The highest BCUT2D eigenvalue weighted by atomic mass is 16.5. The first-order valence-corrected chi connectivity index (χ1v) is 10.2. The normalized spacial score (nSPS) is 16.6. The largest absolute Gasteiger partial charge is 0.480 e. The van der Waals surface area contributed by atoms with Gasteiger partial charge in [0.25, 0.3) is 5.91 Å². The SMILES string of the molecule is O=C(NCC#CC(=O)N1CCCC1C(=O)O)OCC1c2ccccc2-c2ccccc21. The molecule has 4 rings (SSSR count). The number of nitrogens with zero attached hydrogens (tertiary/aromatic N) is 1. The van der Waals surface area contributed by atoms with Gasteiger partial charge in [0.1, 0.15) is 12.6 Å². The Kier molecular flexibility index (Phi) is 5.89. The number of fused-ring (bicyclic) bond motifs is 3. The lowest BCUT2D eigenvalue weighted by Crippen LogP contribution is -2.39. The fourth-order valence-corrected chi connectivity index (χ4v) is 4.22. The molecular formula is C24H22N2O5. The number of benzene rings is 2. The van der Waals surface area contributed by atoms with Gasteiger partial charge in [-0.2, -0.15) is 0 Å². The number of alkyl carbamates (subject to hydrolysis) is 1. The maximum atomic E-state index is 12.1. The smallest absolute Gasteiger partial charge is 0.407 e. The number of likely N-dealkylation sites (tertiary alicyclic amines) is 1. The number of ether oxygens (including phenoxy) is 1. The first-order valence-electron chi connectivity index (χ1n) is 10.2. The van der Waals surface area contributed by atoms with Crippen LogP contribution in [0.1, 0.15) is 29.9 Å². The third-order valence-electron chi connectivity index (χ3n) is 5.66. The number of rotatable bonds is 4. The molecule has 1 saturated heterocycles. The summed E-state index contributed by atoms with van der Waals surface area (Å²) in [6.07, 6.45) is 0.455. The van der Waals surface area contributed by atoms with Crippen LogP contribution in [0.15, 0.2) is 48.5 Å². The molecular weight excluding hydrogens is 396 g/mol. The zero-order valence-corrected chi connectivity index (χ0v) is 16.8. The highest BCUT2D eigenvalue weighted by Crippen LogP contribution is 2.44. The van der Waals surface area contributed by atoms with Crippen molar-refractivity contribution in [2.45, 2.75) is 24.8 Å². The summed E-state index contributed by atoms with van der Waals surface area (Å²) >= 11 is 0. The van der Waals surface area contributed by atoms with Crippen molar-refractivity contribution >= 4 is 18.0 Å². The van der Waals surface area contributed by atoms with Crippen LogP contribution in [-0.4, -0.2) is 53.7 Å². The molecule has 31 heavy (non-hydrogen) atoms. The predicted molar refractivity (Wildman–Crippen MR) is 113 cm³/mol. The molecule has 1 unspecified atom stereocenters. The third-order valence-corrected chi connectivity index (χ3v) is 5.66. The molecule has 158 valence electrons. The molecule has 1 aliphatic carbocycles. The first kappa shape index (κ1) is 20.5. The molecule has 7 nitrogen and oxygen atoms in total. The van der Waals surface area contributed by atoms with Crippen molar-refractivity contribution in [3.05, 3.63) is 59.7 Å². The van der Waals surface area contributed by atoms with Crippen molar-refractivity contribution in [1.82, 2.24) is 10.2 Å². The number of hydrogen-bond acceptors (Lipinski definition) is 4. The Morgan fingerprint density at radius 1 is 1.06 bits per heavy atom. The van der Waals surface area contributed by atoms with Gasteiger partial charge in [0.05, 0.1) is 6.54 Å². The Morgan fingerprint density at radius 3 is 2.35 bits per heavy atom. The minimum Gasteiger partial charge on any atom is -0.480 e. The van der Waals surface area contributed by atoms with Gasteiger partial charge in [-0.25, -0.2) is 9.59 Å². The van der Waals surface area contributed by atoms with Gasteiger partial charge in [-0.05, 0) is 41.0 Å². The summed E-state index contributed by atoms with van der Waals surface area (Å²) < 4.78 is 5.40. The lowest BCUT2D eigenvalue weighted by atomic mass is 9.98. The second-order valence-electron chi connectivity index (χ2n) is 7.48. The Labute approximate surface area is 180 Å². The molecule has 7 heteroatoms. The van der Waals surface area contributed by atoms with E-state index in [0.29, 0.717) is 19.4 Å². The molecule has 2 aliphatic rings. The van der Waals surface area contributed by atoms with Gasteiger partial charge in [0.2, 0.25) is 0 Å². The van der Waals surface area contributed by atoms with E-state index in [1.807, 2.05) is 36.4 Å². The van der Waals surface area contributed by atoms with Crippen molar-refractivity contribution < 1.29 is 24.2 Å². The summed E-state index contributed by atoms with van der Waals surface area (Å²) in [5, 5.41) is 11.6. The number of carbonyl (C=O) groups excluding carboxylic acids is 2. The van der Waals surface area contributed by atoms with Crippen LogP contribution in [0.25, 0.3) is 11.1 Å². The molecule has 1 fully saturated rings. The van der Waals surface area contributed by atoms with Crippen LogP contribution >= 0.6 is 0 Å². The summed E-state index contributed by atoms with van der Waals surface area (Å²) in [7, 11) is 0. The third kappa shape index (κ3) is 4.24. The number of nitrogens with one attached hydrogen (secondary N) is 1. The average molecular weight is 418 g/mol. The van der Waals surface area contributed by atoms with Gasteiger partial charge in [0.15, 0.2) is 0 Å². The highest BCUT2D eigenvalue weighted by Gasteiger charge is 2.33. The highest BCUT2D eigenvalue weighted by molar-refractivity contribution is 5.96. The molecule has 0 aromatic heterocycles. The Hall–Kier alpha value is -3.79. The number of aliphatic carboxylic acids is 1. The topological polar surface area (TPSA) is 95.9 Å². The molecule has 2 aromatic carbocycles. The molecule has 0 saturated carbocycles. The predicted octanol–water partition coefficient (Wildman–Crippen LogP) is 2.60. The van der Waals surface area contributed by atoms with E-state index in [2.05, 4.69) is 29.3 Å². The van der Waals surface area contributed by atoms with E-state index in [-0.39, 0.29) is 19.1 Å². The lowest BCUT2D eigenvalue weighted by Gasteiger charge is -2.18. The van der Waals surface area contributed by atoms with Gasteiger partial charge in [-0.15, -0.1) is 0 Å². The minimum absolute atomic E-state index is 0.0334. The standard InChI is InChI=1S/C24H22N2O5/c27-22(26-14-6-11-21(26)23(28)29)12-5-13-25-24(30)31-15-20-18-9-3-1-7-16(18)17-8-2-4-10-19(17)20/h1-4,7-10,20-21H,6,11,13-15H2,(H,25,30)(H,28,29). The second-order valence-corrected chi connectivity index (χ2v) is 7.48. The van der Waals surface area contributed by atoms with E-state index >= 15 is 0 Å². The van der Waals surface area contributed by atoms with Gasteiger partial charge in [-0.1, -0.05) is 54.5 Å². The fourth-order valence-electron chi connectivity index (χ4n) is 4.22. The molecule has 1 aliphatic heterocycles. The molecule has 2 aromatic rings. The van der Waals surface area contributed by atoms with Crippen LogP contribution in [0.3, 0.4) is 0 Å². The molecule has 1 atom stereocenters. The van der Waals surface area contributed by atoms with E-state index in [4.69, 9.17) is 9.84 Å². The van der Waals surface area contributed by atoms with Crippen LogP contribution in [-0.2, 0) is 14.3 Å². The van der Waals surface area contributed by atoms with E-state index in [9.17, 15) is 14.4 Å². The minimum atomic E-state index is -1.02. The Balaban J connectivity index is 1.30. The van der Waals surface area contributed by atoms with Crippen LogP contribution in [0.2, 0.25) is 0 Å². The van der Waals surface area contributed by atoms with Crippen molar-refractivity contribution in [2.75, 3.05) is 19.7 Å². The van der Waals surface area contributed by atoms with Crippen molar-refractivity contribution in [1.29, 1.82) is 0 Å². The van der Waals surface area contributed by atoms with Crippen molar-refractivity contribution in [3.8, 4) is 23.0 Å². The van der Waals surface area contributed by atoms with Crippen LogP contribution < -0.4 is 5.32 Å². The lowest BCUT2D eigenvalue weighted by molar-refractivity contribution is -0.146. The maximum absolute atomic E-state index is 12.1. The van der Waals surface area contributed by atoms with Crippen LogP contribution in [0.4, 0.5) is 4.79 Å².